The van der Waals surface area contributed by atoms with Crippen LogP contribution in [0.4, 0.5) is 91.0 Å². The quantitative estimate of drug-likeness (QED) is 0.0197. The van der Waals surface area contributed by atoms with Crippen LogP contribution < -0.4 is 24.5 Å². The number of rotatable bonds is 25. The highest BCUT2D eigenvalue weighted by atomic mass is 32.2. The lowest BCUT2D eigenvalue weighted by Crippen LogP contribution is -2.16. The molecule has 15 aromatic carbocycles. The SMILES string of the molecule is C#Cc1ccc(N(c2ccccc2)c2ccc([S+]3CCCC3)cc2)cc1.C=Cc1ccc(N(c2ccc(C=C)cc2)c2ccc([S+]3CCCC3)cc2)cc1.CC(C)(O)c1ccc(N(c2ccccc2)c2ccc([S+]3CCCC3)cc2)cc1.O=Cc1ccc(N(c2ccccc2)c2ccc([S+]3CCCC3)cc2)cc1.O=[N+]([O-])c1ccc(N(c2ccccc2)c2ccc([S+]3CCCC3)cc2)cc1. The highest BCUT2D eigenvalue weighted by Crippen LogP contribution is 2.44. The maximum atomic E-state index is 11.0. The summed E-state index contributed by atoms with van der Waals surface area (Å²) in [5, 5.41) is 21.3. The van der Waals surface area contributed by atoms with E-state index >= 15 is 0 Å². The number of hydrogen-bond acceptors (Lipinski definition) is 9. The minimum absolute atomic E-state index is 0.101. The number of aldehydes is 1. The molecule has 5 aliphatic rings. The van der Waals surface area contributed by atoms with E-state index in [2.05, 4.69) is 310 Å². The average molecular weight is 1870 g/mol. The average Bonchev–Trinajstić information content (AvgIpc) is 1.34. The predicted octanol–water partition coefficient (Wildman–Crippen LogP) is 30.9. The minimum Gasteiger partial charge on any atom is -0.386 e. The lowest BCUT2D eigenvalue weighted by atomic mass is 9.98. The molecule has 5 heterocycles. The van der Waals surface area contributed by atoms with Crippen LogP contribution in [0.3, 0.4) is 0 Å². The summed E-state index contributed by atoms with van der Waals surface area (Å²) in [6.07, 6.45) is 23.8. The second-order valence-corrected chi connectivity index (χ2v) is 45.8. The number of non-ortho nitro benzene ring substituents is 1. The van der Waals surface area contributed by atoms with Crippen molar-refractivity contribution in [1.82, 2.24) is 0 Å². The molecule has 678 valence electrons. The minimum atomic E-state index is -0.833. The Kier molecular flexibility index (Phi) is 33.4. The Bertz CT molecular complexity index is 6240. The largest absolute Gasteiger partial charge is 0.386 e. The Balaban J connectivity index is 0.000000123. The normalized spacial score (nSPS) is 14.3. The van der Waals surface area contributed by atoms with Gasteiger partial charge in [0, 0.05) is 163 Å². The van der Waals surface area contributed by atoms with Gasteiger partial charge in [0.2, 0.25) is 0 Å². The number of anilines is 15. The zero-order valence-corrected chi connectivity index (χ0v) is 81.3. The number of aliphatic hydroxyl groups is 1. The van der Waals surface area contributed by atoms with Crippen LogP contribution in [0.5, 0.6) is 0 Å². The van der Waals surface area contributed by atoms with Gasteiger partial charge >= 0.3 is 0 Å². The summed E-state index contributed by atoms with van der Waals surface area (Å²) in [6, 6.07) is 135. The van der Waals surface area contributed by atoms with Crippen LogP contribution in [0.1, 0.15) is 111 Å². The fraction of sp³-hybridized carbons (Fsp3) is 0.192. The topological polar surface area (TPSA) is 96.6 Å². The van der Waals surface area contributed by atoms with Crippen molar-refractivity contribution in [3.63, 3.8) is 0 Å². The van der Waals surface area contributed by atoms with Crippen molar-refractivity contribution >= 4 is 164 Å². The molecule has 0 bridgehead atoms. The van der Waals surface area contributed by atoms with Gasteiger partial charge in [0.15, 0.2) is 24.5 Å². The third-order valence-electron chi connectivity index (χ3n) is 24.9. The smallest absolute Gasteiger partial charge is 0.269 e. The molecular formula is C120H119N6O4S5+5. The molecule has 15 aromatic rings. The zero-order chi connectivity index (χ0) is 93.1. The number of benzene rings is 15. The first-order valence-corrected chi connectivity index (χ1v) is 54.8. The molecule has 0 spiro atoms. The molecule has 5 fully saturated rings. The Labute approximate surface area is 814 Å². The van der Waals surface area contributed by atoms with Crippen molar-refractivity contribution < 1.29 is 14.8 Å². The first kappa shape index (κ1) is 95.3. The van der Waals surface area contributed by atoms with Crippen molar-refractivity contribution in [2.24, 2.45) is 0 Å². The number of hydrogen-bond donors (Lipinski definition) is 1. The summed E-state index contributed by atoms with van der Waals surface area (Å²) >= 11 is 0. The molecule has 0 aliphatic carbocycles. The van der Waals surface area contributed by atoms with E-state index in [9.17, 15) is 20.0 Å². The molecular weight excluding hydrogens is 1750 g/mol. The van der Waals surface area contributed by atoms with Gasteiger partial charge in [-0.2, -0.15) is 0 Å². The molecule has 10 nitrogen and oxygen atoms in total. The molecule has 135 heavy (non-hydrogen) atoms. The molecule has 1 N–H and O–H groups in total. The van der Waals surface area contributed by atoms with E-state index in [0.717, 1.165) is 102 Å². The maximum Gasteiger partial charge on any atom is 0.269 e. The number of nitrogens with zero attached hydrogens (tertiary/aromatic N) is 6. The first-order valence-electron chi connectivity index (χ1n) is 47.0. The molecule has 0 amide bonds. The second kappa shape index (κ2) is 47.3. The van der Waals surface area contributed by atoms with Crippen molar-refractivity contribution in [1.29, 1.82) is 0 Å². The summed E-state index contributed by atoms with van der Waals surface area (Å²) in [5.74, 6) is 16.1. The van der Waals surface area contributed by atoms with Crippen LogP contribution >= 0.6 is 0 Å². The van der Waals surface area contributed by atoms with E-state index in [1.54, 1.807) is 24.3 Å². The fourth-order valence-corrected chi connectivity index (χ4v) is 29.1. The van der Waals surface area contributed by atoms with E-state index in [0.29, 0.717) is 60.0 Å². The summed E-state index contributed by atoms with van der Waals surface area (Å²) in [6.45, 7) is 11.4. The van der Waals surface area contributed by atoms with Gasteiger partial charge in [-0.25, -0.2) is 0 Å². The van der Waals surface area contributed by atoms with Gasteiger partial charge in [0.05, 0.1) is 10.5 Å². The number of nitro groups is 1. The van der Waals surface area contributed by atoms with Crippen molar-refractivity contribution in [3.05, 3.63) is 439 Å². The summed E-state index contributed by atoms with van der Waals surface area (Å²) in [4.78, 5) is 40.2. The maximum absolute atomic E-state index is 11.0. The van der Waals surface area contributed by atoms with Gasteiger partial charge < -0.3 is 29.6 Å². The van der Waals surface area contributed by atoms with Crippen molar-refractivity contribution in [3.8, 4) is 12.3 Å². The second-order valence-electron chi connectivity index (χ2n) is 34.4. The third-order valence-corrected chi connectivity index (χ3v) is 37.4. The van der Waals surface area contributed by atoms with E-state index in [-0.39, 0.29) is 10.6 Å². The Morgan fingerprint density at radius 2 is 0.474 bits per heavy atom. The van der Waals surface area contributed by atoms with Crippen LogP contribution in [0.2, 0.25) is 0 Å². The molecule has 0 radical (unpaired) electrons. The highest BCUT2D eigenvalue weighted by molar-refractivity contribution is 7.98. The monoisotopic (exact) mass is 1870 g/mol. The van der Waals surface area contributed by atoms with Crippen LogP contribution in [-0.2, 0) is 60.1 Å². The molecule has 0 atom stereocenters. The Morgan fingerprint density at radius 3 is 0.667 bits per heavy atom. The molecule has 5 aliphatic heterocycles. The number of terminal acetylenes is 1. The standard InChI is InChI=1S/C26H26NS.C25H28NOS.C24H22NS.C23H22NOS.C22H21N2O2S/c1-3-21-7-11-23(12-8-21)27(24-13-9-22(4-2)10-14-24)25-15-17-26(18-16-25)28-19-5-6-20-28;1-25(2,27)20-10-12-22(13-11-20)26(21-8-4-3-5-9-21)23-14-16-24(17-15-23)28-18-6-7-19-28;1-2-20-10-12-22(13-11-20)25(21-8-4-3-5-9-21)23-14-16-24(17-15-23)26-18-6-7-19-26;25-18-19-8-10-21(11-9-19)24(20-6-2-1-3-7-20)22-12-14-23(15-13-22)26-16-4-5-17-26;25-24(26)21-10-8-19(9-11-21)23(18-6-2-1-3-7-18)20-12-14-22(15-13-20)27-16-4-5-17-27/h3-4,7-18H,1-2,5-6,19-20H2;3-5,8-17,27H,6-7,18-19H2,1-2H3;1,3-5,8-17H,6-7,18-19H2;1-3,6-15,18H,4-5,16-17H2;1-3,6-15H,4-5,16-17H2/q5*+1. The molecule has 5 saturated heterocycles. The zero-order valence-electron chi connectivity index (χ0n) is 77.2. The number of carbonyl (C=O) groups is 1. The van der Waals surface area contributed by atoms with Crippen LogP contribution in [0.25, 0.3) is 12.2 Å². The van der Waals surface area contributed by atoms with Crippen LogP contribution in [0.15, 0.2) is 426 Å². The van der Waals surface area contributed by atoms with E-state index in [1.807, 2.05) is 123 Å². The summed E-state index contributed by atoms with van der Waals surface area (Å²) in [7, 11) is 2.18. The van der Waals surface area contributed by atoms with Gasteiger partial charge in [-0.05, 0) is 362 Å². The summed E-state index contributed by atoms with van der Waals surface area (Å²) < 4.78 is 0. The number of carbonyl (C=O) groups excluding carboxylic acids is 1. The molecule has 20 rings (SSSR count). The van der Waals surface area contributed by atoms with E-state index in [1.165, 1.54) is 158 Å². The van der Waals surface area contributed by atoms with Gasteiger partial charge in [-0.1, -0.05) is 140 Å². The third kappa shape index (κ3) is 25.0. The van der Waals surface area contributed by atoms with Gasteiger partial charge in [-0.3, -0.25) is 14.9 Å². The lowest BCUT2D eigenvalue weighted by Gasteiger charge is -2.26. The van der Waals surface area contributed by atoms with Crippen LogP contribution in [-0.4, -0.2) is 73.8 Å². The van der Waals surface area contributed by atoms with Gasteiger partial charge in [0.1, 0.15) is 63.8 Å². The molecule has 0 saturated carbocycles. The van der Waals surface area contributed by atoms with E-state index < -0.39 is 5.60 Å². The van der Waals surface area contributed by atoms with Gasteiger partial charge in [0.25, 0.3) is 5.69 Å². The van der Waals surface area contributed by atoms with Crippen molar-refractivity contribution in [2.75, 3.05) is 82.0 Å². The fourth-order valence-electron chi connectivity index (χ4n) is 17.6. The Morgan fingerprint density at radius 1 is 0.289 bits per heavy atom. The number of para-hydroxylation sites is 4. The predicted molar refractivity (Wildman–Crippen MR) is 584 cm³/mol. The van der Waals surface area contributed by atoms with Gasteiger partial charge in [-0.15, -0.1) is 6.42 Å². The first-order chi connectivity index (χ1) is 66.2. The van der Waals surface area contributed by atoms with E-state index in [4.69, 9.17) is 6.42 Å². The highest BCUT2D eigenvalue weighted by Gasteiger charge is 2.33. The number of nitro benzene ring substituents is 1. The summed E-state index contributed by atoms with van der Waals surface area (Å²) in [5.41, 5.74) is 20.6. The lowest BCUT2D eigenvalue weighted by molar-refractivity contribution is -0.384. The Hall–Kier alpha value is -12.9. The van der Waals surface area contributed by atoms with Crippen molar-refractivity contribution in [2.45, 2.75) is 108 Å². The molecule has 0 aromatic heterocycles. The molecule has 0 unspecified atom stereocenters. The molecule has 15 heteroatoms. The van der Waals surface area contributed by atoms with Crippen LogP contribution in [0, 0.1) is 22.5 Å².